The summed E-state index contributed by atoms with van der Waals surface area (Å²) in [6.45, 7) is 5.47. The van der Waals surface area contributed by atoms with Crippen LogP contribution in [0.3, 0.4) is 0 Å². The molecule has 0 spiro atoms. The van der Waals surface area contributed by atoms with Crippen LogP contribution in [0.4, 0.5) is 0 Å². The lowest BCUT2D eigenvalue weighted by atomic mass is 9.92. The summed E-state index contributed by atoms with van der Waals surface area (Å²) >= 11 is 0. The van der Waals surface area contributed by atoms with Gasteiger partial charge in [-0.3, -0.25) is 14.9 Å². The second-order valence-electron chi connectivity index (χ2n) is 10.1. The van der Waals surface area contributed by atoms with Crippen LogP contribution >= 0.6 is 0 Å². The predicted molar refractivity (Wildman–Crippen MR) is 144 cm³/mol. The summed E-state index contributed by atoms with van der Waals surface area (Å²) in [7, 11) is 0. The Morgan fingerprint density at radius 3 is 2.39 bits per heavy atom. The molecule has 2 heterocycles. The molecule has 2 fully saturated rings. The lowest BCUT2D eigenvalue weighted by molar-refractivity contribution is -0.156. The number of hydrogen-bond donors (Lipinski definition) is 2. The van der Waals surface area contributed by atoms with Crippen LogP contribution in [0.5, 0.6) is 0 Å². The van der Waals surface area contributed by atoms with E-state index in [0.717, 1.165) is 24.1 Å². The zero-order valence-electron chi connectivity index (χ0n) is 22.3. The Morgan fingerprint density at radius 1 is 1.03 bits per heavy atom. The monoisotopic (exact) mass is 521 g/mol. The molecule has 0 saturated carbocycles. The third-order valence-corrected chi connectivity index (χ3v) is 7.52. The predicted octanol–water partition coefficient (Wildman–Crippen LogP) is 2.85. The van der Waals surface area contributed by atoms with Crippen molar-refractivity contribution in [1.82, 2.24) is 15.5 Å². The Labute approximate surface area is 225 Å². The topological polar surface area (TPSA) is 97.0 Å². The fraction of sp³-hybridized carbons (Fsp3) is 0.500. The molecular formula is C30H39N3O5. The van der Waals surface area contributed by atoms with Gasteiger partial charge in [0.2, 0.25) is 5.91 Å². The molecule has 204 valence electrons. The number of likely N-dealkylation sites (tertiary alicyclic amines) is 1. The van der Waals surface area contributed by atoms with Crippen LogP contribution in [0.25, 0.3) is 0 Å². The first-order valence-electron chi connectivity index (χ1n) is 13.7. The fourth-order valence-electron chi connectivity index (χ4n) is 5.54. The number of nitrogens with zero attached hydrogens (tertiary/aromatic N) is 1. The molecule has 2 aromatic rings. The number of nitrogens with one attached hydrogen (secondary N) is 2. The van der Waals surface area contributed by atoms with E-state index in [4.69, 9.17) is 9.47 Å². The molecule has 2 aliphatic rings. The van der Waals surface area contributed by atoms with E-state index >= 15 is 0 Å². The van der Waals surface area contributed by atoms with Crippen molar-refractivity contribution in [3.05, 3.63) is 71.8 Å². The second kappa shape index (κ2) is 13.5. The molecule has 2 N–H and O–H groups in total. The third-order valence-electron chi connectivity index (χ3n) is 7.52. The van der Waals surface area contributed by atoms with Gasteiger partial charge < -0.3 is 19.7 Å². The minimum absolute atomic E-state index is 0.0832. The van der Waals surface area contributed by atoms with Crippen molar-refractivity contribution in [2.24, 2.45) is 5.92 Å². The van der Waals surface area contributed by atoms with Crippen LogP contribution in [0.15, 0.2) is 60.7 Å². The number of hydrogen-bond acceptors (Lipinski definition) is 7. The molecule has 38 heavy (non-hydrogen) atoms. The van der Waals surface area contributed by atoms with Crippen LogP contribution in [0.1, 0.15) is 44.2 Å². The van der Waals surface area contributed by atoms with Gasteiger partial charge in [0, 0.05) is 12.6 Å². The first-order valence-corrected chi connectivity index (χ1v) is 13.7. The molecule has 8 heteroatoms. The number of esters is 2. The SMILES string of the molecule is CCOC(=O)[C@@H](CCc1ccccc1)N[C@@H](C)C(=O)N1[C@@H](C(=O)OCc2ccccc2)C[C@H]2CCNC[C@@H]21. The van der Waals surface area contributed by atoms with Gasteiger partial charge in [-0.15, -0.1) is 0 Å². The highest BCUT2D eigenvalue weighted by Gasteiger charge is 2.49. The highest BCUT2D eigenvalue weighted by atomic mass is 16.5. The minimum Gasteiger partial charge on any atom is -0.465 e. The van der Waals surface area contributed by atoms with E-state index in [2.05, 4.69) is 10.6 Å². The summed E-state index contributed by atoms with van der Waals surface area (Å²) in [6, 6.07) is 17.4. The maximum atomic E-state index is 13.9. The Morgan fingerprint density at radius 2 is 1.71 bits per heavy atom. The van der Waals surface area contributed by atoms with E-state index < -0.39 is 18.1 Å². The summed E-state index contributed by atoms with van der Waals surface area (Å²) in [4.78, 5) is 41.6. The number of ether oxygens (including phenoxy) is 2. The van der Waals surface area contributed by atoms with Crippen LogP contribution in [-0.2, 0) is 36.9 Å². The zero-order chi connectivity index (χ0) is 26.9. The lowest BCUT2D eigenvalue weighted by Crippen LogP contribution is -2.58. The summed E-state index contributed by atoms with van der Waals surface area (Å²) in [5.74, 6) is -0.715. The molecule has 2 aromatic carbocycles. The van der Waals surface area contributed by atoms with E-state index in [1.807, 2.05) is 60.7 Å². The summed E-state index contributed by atoms with van der Waals surface area (Å²) in [5, 5.41) is 6.59. The molecule has 2 saturated heterocycles. The first kappa shape index (κ1) is 27.8. The van der Waals surface area contributed by atoms with Crippen LogP contribution in [-0.4, -0.2) is 66.6 Å². The molecule has 0 aliphatic carbocycles. The molecule has 5 atom stereocenters. The molecule has 0 bridgehead atoms. The average molecular weight is 522 g/mol. The smallest absolute Gasteiger partial charge is 0.329 e. The van der Waals surface area contributed by atoms with Crippen molar-refractivity contribution in [3.8, 4) is 0 Å². The molecule has 0 radical (unpaired) electrons. The number of amides is 1. The van der Waals surface area contributed by atoms with Gasteiger partial charge in [0.25, 0.3) is 0 Å². The van der Waals surface area contributed by atoms with Gasteiger partial charge in [-0.1, -0.05) is 60.7 Å². The standard InChI is InChI=1S/C30H39N3O5/c1-3-37-29(35)25(15-14-22-10-6-4-7-11-22)32-21(2)28(34)33-26(18-24-16-17-31-19-27(24)33)30(36)38-20-23-12-8-5-9-13-23/h4-13,21,24-27,31-32H,3,14-20H2,1-2H3/t21-,24+,25+,26+,27-/m0/s1. The number of rotatable bonds is 11. The highest BCUT2D eigenvalue weighted by Crippen LogP contribution is 2.35. The highest BCUT2D eigenvalue weighted by molar-refractivity contribution is 5.89. The maximum absolute atomic E-state index is 13.9. The minimum atomic E-state index is -0.676. The molecule has 1 amide bonds. The van der Waals surface area contributed by atoms with E-state index in [1.165, 1.54) is 0 Å². The second-order valence-corrected chi connectivity index (χ2v) is 10.1. The largest absolute Gasteiger partial charge is 0.465 e. The van der Waals surface area contributed by atoms with E-state index in [1.54, 1.807) is 18.7 Å². The van der Waals surface area contributed by atoms with Crippen molar-refractivity contribution >= 4 is 17.8 Å². The first-order chi connectivity index (χ1) is 18.5. The van der Waals surface area contributed by atoms with E-state index in [9.17, 15) is 14.4 Å². The van der Waals surface area contributed by atoms with Crippen LogP contribution in [0, 0.1) is 5.92 Å². The van der Waals surface area contributed by atoms with Crippen LogP contribution in [0.2, 0.25) is 0 Å². The van der Waals surface area contributed by atoms with Crippen molar-refractivity contribution in [2.75, 3.05) is 19.7 Å². The van der Waals surface area contributed by atoms with Gasteiger partial charge in [0.15, 0.2) is 0 Å². The summed E-state index contributed by atoms with van der Waals surface area (Å²) in [6.07, 6.45) is 2.66. The number of carbonyl (C=O) groups is 3. The van der Waals surface area contributed by atoms with Crippen molar-refractivity contribution in [2.45, 2.75) is 70.3 Å². The molecule has 4 rings (SSSR count). The molecular weight excluding hydrogens is 482 g/mol. The van der Waals surface area contributed by atoms with Crippen molar-refractivity contribution < 1.29 is 23.9 Å². The Hall–Kier alpha value is -3.23. The van der Waals surface area contributed by atoms with Gasteiger partial charge in [-0.2, -0.15) is 0 Å². The Balaban J connectivity index is 1.45. The maximum Gasteiger partial charge on any atom is 0.329 e. The van der Waals surface area contributed by atoms with Gasteiger partial charge in [0.05, 0.1) is 12.6 Å². The number of piperidine rings is 1. The molecule has 0 unspecified atom stereocenters. The Bertz CT molecular complexity index is 1060. The molecule has 8 nitrogen and oxygen atoms in total. The Kier molecular flexibility index (Phi) is 9.90. The number of fused-ring (bicyclic) bond motifs is 1. The van der Waals surface area contributed by atoms with E-state index in [-0.39, 0.29) is 43.0 Å². The quantitative estimate of drug-likeness (QED) is 0.439. The number of carbonyl (C=O) groups excluding carboxylic acids is 3. The summed E-state index contributed by atoms with van der Waals surface area (Å²) in [5.41, 5.74) is 2.01. The van der Waals surface area contributed by atoms with Crippen molar-refractivity contribution in [1.29, 1.82) is 0 Å². The van der Waals surface area contributed by atoms with Gasteiger partial charge in [-0.25, -0.2) is 4.79 Å². The molecule has 0 aromatic heterocycles. The van der Waals surface area contributed by atoms with Gasteiger partial charge >= 0.3 is 11.9 Å². The fourth-order valence-corrected chi connectivity index (χ4v) is 5.54. The summed E-state index contributed by atoms with van der Waals surface area (Å²) < 4.78 is 11.0. The molecule has 2 aliphatic heterocycles. The van der Waals surface area contributed by atoms with Gasteiger partial charge in [-0.05, 0) is 63.1 Å². The zero-order valence-corrected chi connectivity index (χ0v) is 22.3. The van der Waals surface area contributed by atoms with Crippen LogP contribution < -0.4 is 10.6 Å². The normalized spacial score (nSPS) is 22.3. The lowest BCUT2D eigenvalue weighted by Gasteiger charge is -2.36. The number of aryl methyl sites for hydroxylation is 1. The number of benzene rings is 2. The van der Waals surface area contributed by atoms with E-state index in [0.29, 0.717) is 25.8 Å². The average Bonchev–Trinajstić information content (AvgIpc) is 3.34. The van der Waals surface area contributed by atoms with Crippen molar-refractivity contribution in [3.63, 3.8) is 0 Å². The third kappa shape index (κ3) is 6.99. The van der Waals surface area contributed by atoms with Gasteiger partial charge in [0.1, 0.15) is 18.7 Å².